The van der Waals surface area contributed by atoms with Gasteiger partial charge in [-0.15, -0.1) is 6.42 Å². The molecule has 0 amide bonds. The first-order valence-corrected chi connectivity index (χ1v) is 13.5. The van der Waals surface area contributed by atoms with Gasteiger partial charge >= 0.3 is 5.97 Å². The second-order valence-electron chi connectivity index (χ2n) is 7.62. The molecule has 1 atom stereocenters. The highest BCUT2D eigenvalue weighted by Crippen LogP contribution is 2.35. The van der Waals surface area contributed by atoms with Crippen LogP contribution in [-0.2, 0) is 9.53 Å². The molecule has 1 aliphatic rings. The number of hydrogen-bond acceptors (Lipinski definition) is 6. The number of halogens is 3. The molecule has 4 rings (SSSR count). The molecule has 0 aliphatic carbocycles. The second kappa shape index (κ2) is 11.2. The number of rotatable bonds is 6. The van der Waals surface area contributed by atoms with Crippen LogP contribution in [0.3, 0.4) is 0 Å². The van der Waals surface area contributed by atoms with Crippen LogP contribution in [0.25, 0.3) is 6.08 Å². The Hall–Kier alpha value is -2.64. The predicted molar refractivity (Wildman–Crippen MR) is 148 cm³/mol. The fourth-order valence-electron chi connectivity index (χ4n) is 3.88. The Kier molecular flexibility index (Phi) is 8.20. The number of thiazole rings is 1. The summed E-state index contributed by atoms with van der Waals surface area (Å²) in [4.78, 5) is 31.8. The van der Waals surface area contributed by atoms with Crippen LogP contribution in [0.15, 0.2) is 66.4 Å². The molecular formula is C26H19Br2ClN2O4S. The summed E-state index contributed by atoms with van der Waals surface area (Å²) in [5.41, 5.74) is 1.67. The number of fused-ring (bicyclic) bond motifs is 1. The molecule has 0 unspecified atom stereocenters. The first-order valence-electron chi connectivity index (χ1n) is 10.8. The van der Waals surface area contributed by atoms with E-state index in [1.54, 1.807) is 38.1 Å². The smallest absolute Gasteiger partial charge is 0.338 e. The minimum Gasteiger partial charge on any atom is -0.479 e. The van der Waals surface area contributed by atoms with E-state index in [0.717, 1.165) is 4.47 Å². The third kappa shape index (κ3) is 5.09. The third-order valence-corrected chi connectivity index (χ3v) is 7.71. The van der Waals surface area contributed by atoms with Gasteiger partial charge in [-0.25, -0.2) is 9.79 Å². The molecule has 2 heterocycles. The standard InChI is InChI=1S/C26H19Br2ClN2O4S/c1-4-10-35-23-15(11-16(27)13-18(23)28)12-20-24(32)31-22(17-8-6-7-9-19(17)29)21(25(33)34-5-2)14(3)30-26(31)36-20/h1,6-9,11-13,22H,5,10H2,2-3H3/b20-12-/t22-/m0/s1. The normalized spacial score (nSPS) is 15.2. The highest BCUT2D eigenvalue weighted by molar-refractivity contribution is 9.11. The Bertz CT molecular complexity index is 1620. The summed E-state index contributed by atoms with van der Waals surface area (Å²) in [6, 6.07) is 9.98. The molecule has 1 aliphatic heterocycles. The molecule has 36 heavy (non-hydrogen) atoms. The highest BCUT2D eigenvalue weighted by atomic mass is 79.9. The van der Waals surface area contributed by atoms with Crippen LogP contribution in [0.1, 0.15) is 31.0 Å². The van der Waals surface area contributed by atoms with Crippen molar-refractivity contribution in [3.8, 4) is 18.1 Å². The van der Waals surface area contributed by atoms with E-state index in [9.17, 15) is 9.59 Å². The number of ether oxygens (including phenoxy) is 2. The average molecular weight is 651 g/mol. The Morgan fingerprint density at radius 3 is 2.78 bits per heavy atom. The quantitative estimate of drug-likeness (QED) is 0.279. The summed E-state index contributed by atoms with van der Waals surface area (Å²) in [5.74, 6) is 2.42. The summed E-state index contributed by atoms with van der Waals surface area (Å²) < 4.78 is 14.4. The number of hydrogen-bond donors (Lipinski definition) is 0. The number of terminal acetylenes is 1. The summed E-state index contributed by atoms with van der Waals surface area (Å²) in [6.45, 7) is 3.71. The molecule has 10 heteroatoms. The lowest BCUT2D eigenvalue weighted by atomic mass is 9.96. The average Bonchev–Trinajstić information content (AvgIpc) is 3.12. The summed E-state index contributed by atoms with van der Waals surface area (Å²) in [7, 11) is 0. The van der Waals surface area contributed by atoms with Crippen molar-refractivity contribution in [2.45, 2.75) is 19.9 Å². The molecule has 0 spiro atoms. The molecule has 0 fully saturated rings. The van der Waals surface area contributed by atoms with E-state index in [-0.39, 0.29) is 24.3 Å². The van der Waals surface area contributed by atoms with Crippen LogP contribution in [0.2, 0.25) is 5.02 Å². The van der Waals surface area contributed by atoms with Crippen LogP contribution in [0, 0.1) is 12.3 Å². The van der Waals surface area contributed by atoms with Crippen LogP contribution < -0.4 is 19.6 Å². The maximum absolute atomic E-state index is 13.8. The SMILES string of the molecule is C#CCOc1c(Br)cc(Br)cc1/C=c1\sc2n(c1=O)[C@@H](c1ccccc1Cl)C(C(=O)OCC)=C(C)N=2. The van der Waals surface area contributed by atoms with Gasteiger partial charge in [0.15, 0.2) is 4.80 Å². The highest BCUT2D eigenvalue weighted by Gasteiger charge is 2.34. The lowest BCUT2D eigenvalue weighted by Crippen LogP contribution is -2.40. The molecule has 1 aromatic heterocycles. The van der Waals surface area contributed by atoms with Crippen LogP contribution in [0.5, 0.6) is 5.75 Å². The molecule has 0 bridgehead atoms. The van der Waals surface area contributed by atoms with Crippen molar-refractivity contribution in [3.63, 3.8) is 0 Å². The monoisotopic (exact) mass is 648 g/mol. The van der Waals surface area contributed by atoms with Gasteiger partial charge in [0.05, 0.1) is 26.9 Å². The number of benzene rings is 2. The van der Waals surface area contributed by atoms with Gasteiger partial charge in [0.1, 0.15) is 18.4 Å². The maximum Gasteiger partial charge on any atom is 0.338 e. The molecule has 3 aromatic rings. The van der Waals surface area contributed by atoms with Crippen molar-refractivity contribution in [1.29, 1.82) is 0 Å². The van der Waals surface area contributed by atoms with E-state index in [2.05, 4.69) is 42.8 Å². The molecule has 0 saturated carbocycles. The van der Waals surface area contributed by atoms with E-state index in [1.165, 1.54) is 15.9 Å². The van der Waals surface area contributed by atoms with E-state index >= 15 is 0 Å². The van der Waals surface area contributed by atoms with Gasteiger partial charge in [-0.05, 0) is 59.6 Å². The number of carbonyl (C=O) groups is 1. The van der Waals surface area contributed by atoms with Gasteiger partial charge in [-0.3, -0.25) is 9.36 Å². The molecule has 184 valence electrons. The molecule has 0 saturated heterocycles. The minimum atomic E-state index is -0.789. The van der Waals surface area contributed by atoms with Crippen molar-refractivity contribution >= 4 is 66.8 Å². The lowest BCUT2D eigenvalue weighted by molar-refractivity contribution is -0.139. The van der Waals surface area contributed by atoms with Gasteiger partial charge in [-0.1, -0.05) is 63.0 Å². The van der Waals surface area contributed by atoms with E-state index in [1.807, 2.05) is 18.2 Å². The fourth-order valence-corrected chi connectivity index (χ4v) is 6.53. The lowest BCUT2D eigenvalue weighted by Gasteiger charge is -2.25. The Morgan fingerprint density at radius 1 is 1.33 bits per heavy atom. The van der Waals surface area contributed by atoms with Crippen molar-refractivity contribution in [2.75, 3.05) is 13.2 Å². The Balaban J connectivity index is 1.99. The van der Waals surface area contributed by atoms with Crippen LogP contribution in [0.4, 0.5) is 0 Å². The van der Waals surface area contributed by atoms with Crippen molar-refractivity contribution < 1.29 is 14.3 Å². The second-order valence-corrected chi connectivity index (χ2v) is 10.8. The maximum atomic E-state index is 13.8. The Labute approximate surface area is 233 Å². The predicted octanol–water partition coefficient (Wildman–Crippen LogP) is 4.99. The largest absolute Gasteiger partial charge is 0.479 e. The van der Waals surface area contributed by atoms with E-state index < -0.39 is 12.0 Å². The fraction of sp³-hybridized carbons (Fsp3) is 0.192. The van der Waals surface area contributed by atoms with Crippen LogP contribution >= 0.6 is 54.8 Å². The van der Waals surface area contributed by atoms with Gasteiger partial charge in [0.2, 0.25) is 0 Å². The summed E-state index contributed by atoms with van der Waals surface area (Å²) >= 11 is 14.7. The van der Waals surface area contributed by atoms with Gasteiger partial charge < -0.3 is 9.47 Å². The van der Waals surface area contributed by atoms with E-state index in [4.69, 9.17) is 27.5 Å². The minimum absolute atomic E-state index is 0.0664. The number of esters is 1. The molecule has 2 aromatic carbocycles. The molecular weight excluding hydrogens is 632 g/mol. The van der Waals surface area contributed by atoms with Gasteiger partial charge in [0.25, 0.3) is 5.56 Å². The molecule has 6 nitrogen and oxygen atoms in total. The molecule has 0 radical (unpaired) electrons. The van der Waals surface area contributed by atoms with Crippen LogP contribution in [-0.4, -0.2) is 23.8 Å². The van der Waals surface area contributed by atoms with Crippen molar-refractivity contribution in [2.24, 2.45) is 4.99 Å². The third-order valence-electron chi connectivity index (χ3n) is 5.34. The zero-order valence-electron chi connectivity index (χ0n) is 19.2. The molecule has 0 N–H and O–H groups in total. The van der Waals surface area contributed by atoms with Crippen molar-refractivity contribution in [1.82, 2.24) is 4.57 Å². The van der Waals surface area contributed by atoms with Gasteiger partial charge in [-0.2, -0.15) is 0 Å². The zero-order chi connectivity index (χ0) is 26.0. The number of aromatic nitrogens is 1. The van der Waals surface area contributed by atoms with E-state index in [0.29, 0.717) is 41.4 Å². The van der Waals surface area contributed by atoms with Gasteiger partial charge in [0, 0.05) is 15.1 Å². The van der Waals surface area contributed by atoms with Crippen molar-refractivity contribution in [3.05, 3.63) is 92.5 Å². The zero-order valence-corrected chi connectivity index (χ0v) is 23.9. The first-order chi connectivity index (χ1) is 17.3. The topological polar surface area (TPSA) is 69.9 Å². The number of allylic oxidation sites excluding steroid dienone is 1. The number of nitrogens with zero attached hydrogens (tertiary/aromatic N) is 2. The summed E-state index contributed by atoms with van der Waals surface area (Å²) in [6.07, 6.45) is 7.10. The number of carbonyl (C=O) groups excluding carboxylic acids is 1. The summed E-state index contributed by atoms with van der Waals surface area (Å²) in [5, 5.41) is 0.425. The Morgan fingerprint density at radius 2 is 2.08 bits per heavy atom. The first kappa shape index (κ1) is 26.4.